The van der Waals surface area contributed by atoms with E-state index < -0.39 is 0 Å². The summed E-state index contributed by atoms with van der Waals surface area (Å²) in [6.45, 7) is 2.19. The number of rotatable bonds is 3. The smallest absolute Gasteiger partial charge is 0.231 e. The summed E-state index contributed by atoms with van der Waals surface area (Å²) in [7, 11) is 0. The zero-order valence-corrected chi connectivity index (χ0v) is 9.79. The molecule has 1 aromatic heterocycles. The molecule has 2 heterocycles. The fourth-order valence-corrected chi connectivity index (χ4v) is 1.96. The normalized spacial score (nSPS) is 12.7. The van der Waals surface area contributed by atoms with E-state index in [1.54, 1.807) is 4.68 Å². The van der Waals surface area contributed by atoms with Gasteiger partial charge < -0.3 is 9.47 Å². The van der Waals surface area contributed by atoms with Crippen molar-refractivity contribution in [3.8, 4) is 17.2 Å². The summed E-state index contributed by atoms with van der Waals surface area (Å²) < 4.78 is 12.2. The summed E-state index contributed by atoms with van der Waals surface area (Å²) in [6, 6.07) is 5.50. The maximum Gasteiger partial charge on any atom is 0.231 e. The second-order valence-electron chi connectivity index (χ2n) is 3.84. The number of hydrogen-bond acceptors (Lipinski definition) is 5. The summed E-state index contributed by atoms with van der Waals surface area (Å²) in [5.41, 5.74) is 1.95. The Kier molecular flexibility index (Phi) is 2.47. The molecule has 0 saturated heterocycles. The summed E-state index contributed by atoms with van der Waals surface area (Å²) in [6.07, 6.45) is 1.39. The molecular weight excluding hydrogens is 234 g/mol. The van der Waals surface area contributed by atoms with E-state index in [0.29, 0.717) is 23.6 Å². The molecule has 0 amide bonds. The standard InChI is InChI=1S/C12H11N3O3/c1-2-10-9(6-16)13-14-15(10)8-3-4-11-12(5-8)18-7-17-11/h3-6H,2,7H2,1H3. The minimum absolute atomic E-state index is 0.233. The van der Waals surface area contributed by atoms with Crippen molar-refractivity contribution in [2.24, 2.45) is 0 Å². The number of ether oxygens (including phenoxy) is 2. The molecule has 0 atom stereocenters. The molecule has 0 aliphatic carbocycles. The van der Waals surface area contributed by atoms with Crippen LogP contribution in [0.5, 0.6) is 11.5 Å². The van der Waals surface area contributed by atoms with Gasteiger partial charge in [0, 0.05) is 6.07 Å². The minimum Gasteiger partial charge on any atom is -0.454 e. The average molecular weight is 245 g/mol. The largest absolute Gasteiger partial charge is 0.454 e. The lowest BCUT2D eigenvalue weighted by Gasteiger charge is -2.05. The van der Waals surface area contributed by atoms with Gasteiger partial charge in [-0.25, -0.2) is 4.68 Å². The van der Waals surface area contributed by atoms with Gasteiger partial charge in [0.25, 0.3) is 0 Å². The Balaban J connectivity index is 2.09. The molecule has 0 unspecified atom stereocenters. The van der Waals surface area contributed by atoms with Crippen molar-refractivity contribution in [2.75, 3.05) is 6.79 Å². The van der Waals surface area contributed by atoms with Crippen LogP contribution in [-0.4, -0.2) is 28.1 Å². The highest BCUT2D eigenvalue weighted by Gasteiger charge is 2.17. The van der Waals surface area contributed by atoms with E-state index in [-0.39, 0.29) is 6.79 Å². The van der Waals surface area contributed by atoms with Gasteiger partial charge in [0.2, 0.25) is 6.79 Å². The van der Waals surface area contributed by atoms with Crippen LogP contribution in [0.15, 0.2) is 18.2 Å². The van der Waals surface area contributed by atoms with E-state index in [4.69, 9.17) is 9.47 Å². The first-order chi connectivity index (χ1) is 8.83. The molecule has 0 spiro atoms. The summed E-state index contributed by atoms with van der Waals surface area (Å²) >= 11 is 0. The van der Waals surface area contributed by atoms with Gasteiger partial charge in [-0.3, -0.25) is 4.79 Å². The molecule has 3 rings (SSSR count). The van der Waals surface area contributed by atoms with Crippen molar-refractivity contribution in [3.05, 3.63) is 29.6 Å². The van der Waals surface area contributed by atoms with E-state index >= 15 is 0 Å². The Bertz CT molecular complexity index is 607. The highest BCUT2D eigenvalue weighted by molar-refractivity contribution is 5.73. The third-order valence-corrected chi connectivity index (χ3v) is 2.84. The van der Waals surface area contributed by atoms with Crippen molar-refractivity contribution in [1.29, 1.82) is 0 Å². The lowest BCUT2D eigenvalue weighted by Crippen LogP contribution is -2.02. The van der Waals surface area contributed by atoms with E-state index in [1.807, 2.05) is 25.1 Å². The lowest BCUT2D eigenvalue weighted by atomic mass is 10.2. The molecule has 6 heteroatoms. The Hall–Kier alpha value is -2.37. The molecule has 1 aliphatic rings. The number of carbonyl (C=O) groups excluding carboxylic acids is 1. The van der Waals surface area contributed by atoms with Crippen LogP contribution in [-0.2, 0) is 6.42 Å². The molecular formula is C12H11N3O3. The number of aldehydes is 1. The third kappa shape index (κ3) is 1.54. The zero-order valence-electron chi connectivity index (χ0n) is 9.79. The SMILES string of the molecule is CCc1c(C=O)nnn1-c1ccc2c(c1)OCO2. The van der Waals surface area contributed by atoms with Crippen LogP contribution in [0.3, 0.4) is 0 Å². The highest BCUT2D eigenvalue weighted by Crippen LogP contribution is 2.33. The summed E-state index contributed by atoms with van der Waals surface area (Å²) in [5, 5.41) is 7.84. The molecule has 2 aromatic rings. The van der Waals surface area contributed by atoms with Crippen LogP contribution < -0.4 is 9.47 Å². The summed E-state index contributed by atoms with van der Waals surface area (Å²) in [4.78, 5) is 10.9. The van der Waals surface area contributed by atoms with E-state index in [9.17, 15) is 4.79 Å². The molecule has 0 saturated carbocycles. The van der Waals surface area contributed by atoms with Gasteiger partial charge in [0.1, 0.15) is 5.69 Å². The fourth-order valence-electron chi connectivity index (χ4n) is 1.96. The van der Waals surface area contributed by atoms with Crippen LogP contribution in [0.4, 0.5) is 0 Å². The minimum atomic E-state index is 0.233. The summed E-state index contributed by atoms with van der Waals surface area (Å²) in [5.74, 6) is 1.39. The second-order valence-corrected chi connectivity index (χ2v) is 3.84. The fraction of sp³-hybridized carbons (Fsp3) is 0.250. The third-order valence-electron chi connectivity index (χ3n) is 2.84. The number of aromatic nitrogens is 3. The first kappa shape index (κ1) is 10.8. The maximum atomic E-state index is 10.9. The van der Waals surface area contributed by atoms with Crippen LogP contribution >= 0.6 is 0 Å². The quantitative estimate of drug-likeness (QED) is 0.764. The zero-order chi connectivity index (χ0) is 12.5. The van der Waals surface area contributed by atoms with Crippen LogP contribution in [0.1, 0.15) is 23.1 Å². The van der Waals surface area contributed by atoms with Gasteiger partial charge >= 0.3 is 0 Å². The molecule has 0 N–H and O–H groups in total. The van der Waals surface area contributed by atoms with Crippen LogP contribution in [0.25, 0.3) is 5.69 Å². The molecule has 0 bridgehead atoms. The predicted octanol–water partition coefficient (Wildman–Crippen LogP) is 1.37. The van der Waals surface area contributed by atoms with Crippen molar-refractivity contribution in [1.82, 2.24) is 15.0 Å². The number of carbonyl (C=O) groups is 1. The van der Waals surface area contributed by atoms with Crippen molar-refractivity contribution < 1.29 is 14.3 Å². The Morgan fingerprint density at radius 2 is 2.22 bits per heavy atom. The molecule has 18 heavy (non-hydrogen) atoms. The first-order valence-electron chi connectivity index (χ1n) is 5.63. The van der Waals surface area contributed by atoms with Crippen molar-refractivity contribution in [3.63, 3.8) is 0 Å². The van der Waals surface area contributed by atoms with E-state index in [2.05, 4.69) is 10.3 Å². The number of benzene rings is 1. The van der Waals surface area contributed by atoms with Gasteiger partial charge in [-0.1, -0.05) is 12.1 Å². The molecule has 1 aromatic carbocycles. The Morgan fingerprint density at radius 1 is 1.39 bits per heavy atom. The van der Waals surface area contributed by atoms with Crippen LogP contribution in [0, 0.1) is 0 Å². The molecule has 6 nitrogen and oxygen atoms in total. The highest BCUT2D eigenvalue weighted by atomic mass is 16.7. The predicted molar refractivity (Wildman–Crippen MR) is 62.2 cm³/mol. The second kappa shape index (κ2) is 4.14. The van der Waals surface area contributed by atoms with E-state index in [0.717, 1.165) is 17.7 Å². The average Bonchev–Trinajstić information content (AvgIpc) is 3.03. The number of hydrogen-bond donors (Lipinski definition) is 0. The molecule has 0 radical (unpaired) electrons. The topological polar surface area (TPSA) is 66.2 Å². The van der Waals surface area contributed by atoms with Gasteiger partial charge in [-0.15, -0.1) is 5.10 Å². The molecule has 0 fully saturated rings. The van der Waals surface area contributed by atoms with Gasteiger partial charge in [-0.05, 0) is 18.6 Å². The number of fused-ring (bicyclic) bond motifs is 1. The van der Waals surface area contributed by atoms with Crippen LogP contribution in [0.2, 0.25) is 0 Å². The van der Waals surface area contributed by atoms with Crippen molar-refractivity contribution >= 4 is 6.29 Å². The van der Waals surface area contributed by atoms with Gasteiger partial charge in [0.05, 0.1) is 11.4 Å². The van der Waals surface area contributed by atoms with Gasteiger partial charge in [0.15, 0.2) is 17.8 Å². The van der Waals surface area contributed by atoms with Gasteiger partial charge in [-0.2, -0.15) is 0 Å². The molecule has 92 valence electrons. The van der Waals surface area contributed by atoms with E-state index in [1.165, 1.54) is 0 Å². The monoisotopic (exact) mass is 245 g/mol. The van der Waals surface area contributed by atoms with Crippen molar-refractivity contribution in [2.45, 2.75) is 13.3 Å². The number of nitrogens with zero attached hydrogens (tertiary/aromatic N) is 3. The Labute approximate surface area is 103 Å². The first-order valence-corrected chi connectivity index (χ1v) is 5.63. The Morgan fingerprint density at radius 3 is 3.00 bits per heavy atom. The molecule has 1 aliphatic heterocycles. The maximum absolute atomic E-state index is 10.9. The lowest BCUT2D eigenvalue weighted by molar-refractivity contribution is 0.111.